The second-order valence-corrected chi connectivity index (χ2v) is 4.14. The SMILES string of the molecule is Cc1ccc(N(O)C(=O)NC(C)C)cc1[N+](=O)[O-]. The highest BCUT2D eigenvalue weighted by Crippen LogP contribution is 2.24. The molecule has 98 valence electrons. The van der Waals surface area contributed by atoms with Crippen LogP contribution in [0.25, 0.3) is 0 Å². The van der Waals surface area contributed by atoms with Crippen LogP contribution in [-0.2, 0) is 0 Å². The Morgan fingerprint density at radius 3 is 2.61 bits per heavy atom. The molecule has 1 rings (SSSR count). The number of hydrogen-bond acceptors (Lipinski definition) is 4. The van der Waals surface area contributed by atoms with Crippen LogP contribution < -0.4 is 10.4 Å². The molecule has 7 heteroatoms. The summed E-state index contributed by atoms with van der Waals surface area (Å²) in [7, 11) is 0. The van der Waals surface area contributed by atoms with E-state index in [1.807, 2.05) is 0 Å². The number of carbonyl (C=O) groups is 1. The van der Waals surface area contributed by atoms with E-state index in [1.165, 1.54) is 12.1 Å². The van der Waals surface area contributed by atoms with Crippen molar-refractivity contribution in [3.8, 4) is 0 Å². The predicted octanol–water partition coefficient (Wildman–Crippen LogP) is 2.22. The van der Waals surface area contributed by atoms with Crippen LogP contribution in [-0.4, -0.2) is 22.2 Å². The first kappa shape index (κ1) is 13.9. The summed E-state index contributed by atoms with van der Waals surface area (Å²) in [6.07, 6.45) is 0. The topological polar surface area (TPSA) is 95.7 Å². The third-order valence-corrected chi connectivity index (χ3v) is 2.24. The van der Waals surface area contributed by atoms with Crippen molar-refractivity contribution in [2.75, 3.05) is 5.06 Å². The molecule has 0 aliphatic carbocycles. The lowest BCUT2D eigenvalue weighted by atomic mass is 10.2. The van der Waals surface area contributed by atoms with Gasteiger partial charge in [0.2, 0.25) is 0 Å². The average molecular weight is 253 g/mol. The first-order valence-corrected chi connectivity index (χ1v) is 5.37. The maximum atomic E-state index is 11.5. The number of nitro benzene ring substituents is 1. The molecule has 0 saturated heterocycles. The molecule has 0 aliphatic heterocycles. The molecule has 1 aromatic rings. The van der Waals surface area contributed by atoms with Crippen LogP contribution in [0.4, 0.5) is 16.2 Å². The molecule has 0 aromatic heterocycles. The van der Waals surface area contributed by atoms with Crippen molar-refractivity contribution >= 4 is 17.4 Å². The molecular formula is C11H15N3O4. The van der Waals surface area contributed by atoms with Gasteiger partial charge in [-0.15, -0.1) is 0 Å². The summed E-state index contributed by atoms with van der Waals surface area (Å²) in [5, 5.41) is 23.2. The minimum absolute atomic E-state index is 0.0467. The first-order chi connectivity index (χ1) is 8.32. The summed E-state index contributed by atoms with van der Waals surface area (Å²) < 4.78 is 0. The van der Waals surface area contributed by atoms with Crippen molar-refractivity contribution in [2.45, 2.75) is 26.8 Å². The van der Waals surface area contributed by atoms with Gasteiger partial charge in [-0.2, -0.15) is 5.06 Å². The van der Waals surface area contributed by atoms with E-state index in [4.69, 9.17) is 0 Å². The molecule has 7 nitrogen and oxygen atoms in total. The molecule has 0 spiro atoms. The first-order valence-electron chi connectivity index (χ1n) is 5.37. The van der Waals surface area contributed by atoms with Crippen molar-refractivity contribution in [3.63, 3.8) is 0 Å². The molecule has 0 bridgehead atoms. The van der Waals surface area contributed by atoms with Gasteiger partial charge < -0.3 is 5.32 Å². The summed E-state index contributed by atoms with van der Waals surface area (Å²) in [5.41, 5.74) is 0.357. The number of carbonyl (C=O) groups excluding carboxylic acids is 1. The van der Waals surface area contributed by atoms with Crippen LogP contribution in [0.3, 0.4) is 0 Å². The van der Waals surface area contributed by atoms with Crippen LogP contribution in [0.1, 0.15) is 19.4 Å². The zero-order valence-electron chi connectivity index (χ0n) is 10.4. The van der Waals surface area contributed by atoms with Crippen molar-refractivity contribution in [1.29, 1.82) is 0 Å². The lowest BCUT2D eigenvalue weighted by Crippen LogP contribution is -2.41. The smallest absolute Gasteiger partial charge is 0.334 e. The minimum Gasteiger partial charge on any atom is -0.334 e. The van der Waals surface area contributed by atoms with E-state index in [0.29, 0.717) is 10.6 Å². The van der Waals surface area contributed by atoms with Crippen molar-refractivity contribution in [2.24, 2.45) is 0 Å². The standard InChI is InChI=1S/C11H15N3O4/c1-7(2)12-11(15)13(16)9-5-4-8(3)10(6-9)14(17)18/h4-7,16H,1-3H3,(H,12,15). The molecule has 0 atom stereocenters. The van der Waals surface area contributed by atoms with Crippen LogP contribution in [0, 0.1) is 17.0 Å². The highest BCUT2D eigenvalue weighted by Gasteiger charge is 2.18. The van der Waals surface area contributed by atoms with Gasteiger partial charge in [-0.3, -0.25) is 15.3 Å². The summed E-state index contributed by atoms with van der Waals surface area (Å²) >= 11 is 0. The van der Waals surface area contributed by atoms with Crippen molar-refractivity contribution < 1.29 is 14.9 Å². The molecule has 18 heavy (non-hydrogen) atoms. The Morgan fingerprint density at radius 2 is 2.11 bits per heavy atom. The monoisotopic (exact) mass is 253 g/mol. The normalized spacial score (nSPS) is 10.3. The van der Waals surface area contributed by atoms with Gasteiger partial charge in [-0.25, -0.2) is 4.79 Å². The van der Waals surface area contributed by atoms with E-state index >= 15 is 0 Å². The maximum absolute atomic E-state index is 11.5. The lowest BCUT2D eigenvalue weighted by Gasteiger charge is -2.17. The Balaban J connectivity index is 3.00. The minimum atomic E-state index is -0.733. The number of nitrogens with one attached hydrogen (secondary N) is 1. The Hall–Kier alpha value is -2.15. The highest BCUT2D eigenvalue weighted by molar-refractivity contribution is 5.90. The van der Waals surface area contributed by atoms with E-state index in [1.54, 1.807) is 20.8 Å². The molecule has 1 aromatic carbocycles. The third-order valence-electron chi connectivity index (χ3n) is 2.24. The van der Waals surface area contributed by atoms with Crippen LogP contribution in [0.2, 0.25) is 0 Å². The Labute approximate surface area is 104 Å². The highest BCUT2D eigenvalue weighted by atomic mass is 16.6. The number of hydrogen-bond donors (Lipinski definition) is 2. The van der Waals surface area contributed by atoms with E-state index in [0.717, 1.165) is 6.07 Å². The quantitative estimate of drug-likeness (QED) is 0.490. The number of amides is 2. The molecule has 2 N–H and O–H groups in total. The van der Waals surface area contributed by atoms with E-state index in [9.17, 15) is 20.1 Å². The van der Waals surface area contributed by atoms with Gasteiger partial charge in [-0.1, -0.05) is 6.07 Å². The molecule has 0 radical (unpaired) electrons. The van der Waals surface area contributed by atoms with Crippen LogP contribution >= 0.6 is 0 Å². The zero-order valence-corrected chi connectivity index (χ0v) is 10.4. The van der Waals surface area contributed by atoms with E-state index < -0.39 is 11.0 Å². The number of benzene rings is 1. The number of nitro groups is 1. The molecule has 0 fully saturated rings. The summed E-state index contributed by atoms with van der Waals surface area (Å²) in [4.78, 5) is 21.7. The molecular weight excluding hydrogens is 238 g/mol. The fraction of sp³-hybridized carbons (Fsp3) is 0.364. The fourth-order valence-corrected chi connectivity index (χ4v) is 1.35. The molecule has 0 aliphatic rings. The summed E-state index contributed by atoms with van der Waals surface area (Å²) in [5.74, 6) is 0. The van der Waals surface area contributed by atoms with Gasteiger partial charge in [-0.05, 0) is 26.8 Å². The predicted molar refractivity (Wildman–Crippen MR) is 65.8 cm³/mol. The fourth-order valence-electron chi connectivity index (χ4n) is 1.35. The summed E-state index contributed by atoms with van der Waals surface area (Å²) in [6, 6.07) is 3.17. The molecule has 0 unspecified atom stereocenters. The van der Waals surface area contributed by atoms with Gasteiger partial charge >= 0.3 is 6.03 Å². The van der Waals surface area contributed by atoms with Crippen LogP contribution in [0.15, 0.2) is 18.2 Å². The second-order valence-electron chi connectivity index (χ2n) is 4.14. The molecule has 0 saturated carbocycles. The van der Waals surface area contributed by atoms with E-state index in [2.05, 4.69) is 5.32 Å². The third kappa shape index (κ3) is 3.17. The number of rotatable bonds is 3. The van der Waals surface area contributed by atoms with Gasteiger partial charge in [0, 0.05) is 17.7 Å². The maximum Gasteiger partial charge on any atom is 0.346 e. The zero-order chi connectivity index (χ0) is 13.9. The number of nitrogens with zero attached hydrogens (tertiary/aromatic N) is 2. The largest absolute Gasteiger partial charge is 0.346 e. The summed E-state index contributed by atoms with van der Waals surface area (Å²) in [6.45, 7) is 5.06. The van der Waals surface area contributed by atoms with Gasteiger partial charge in [0.1, 0.15) is 0 Å². The second kappa shape index (κ2) is 5.46. The lowest BCUT2D eigenvalue weighted by molar-refractivity contribution is -0.385. The number of anilines is 1. The van der Waals surface area contributed by atoms with Gasteiger partial charge in [0.05, 0.1) is 10.6 Å². The van der Waals surface area contributed by atoms with Crippen molar-refractivity contribution in [3.05, 3.63) is 33.9 Å². The number of urea groups is 1. The van der Waals surface area contributed by atoms with Gasteiger partial charge in [0.15, 0.2) is 0 Å². The Kier molecular flexibility index (Phi) is 4.22. The molecule has 0 heterocycles. The average Bonchev–Trinajstić information content (AvgIpc) is 2.27. The number of hydroxylamine groups is 1. The van der Waals surface area contributed by atoms with Gasteiger partial charge in [0.25, 0.3) is 5.69 Å². The van der Waals surface area contributed by atoms with Crippen molar-refractivity contribution in [1.82, 2.24) is 5.32 Å². The number of aryl methyl sites for hydroxylation is 1. The Bertz CT molecular complexity index is 473. The molecule has 2 amide bonds. The van der Waals surface area contributed by atoms with E-state index in [-0.39, 0.29) is 17.4 Å². The Morgan fingerprint density at radius 1 is 1.50 bits per heavy atom. The van der Waals surface area contributed by atoms with Crippen LogP contribution in [0.5, 0.6) is 0 Å².